The van der Waals surface area contributed by atoms with Gasteiger partial charge in [-0.3, -0.25) is 4.57 Å². The van der Waals surface area contributed by atoms with Gasteiger partial charge >= 0.3 is 7.60 Å². The molecule has 0 saturated heterocycles. The molecule has 90 valence electrons. The molecular weight excluding hydrogens is 215 g/mol. The van der Waals surface area contributed by atoms with Gasteiger partial charge in [0.15, 0.2) is 0 Å². The van der Waals surface area contributed by atoms with Crippen molar-refractivity contribution in [1.29, 1.82) is 0 Å². The average Bonchev–Trinajstić information content (AvgIpc) is 2.65. The molecule has 0 aliphatic carbocycles. The van der Waals surface area contributed by atoms with Crippen molar-refractivity contribution in [3.8, 4) is 0 Å². The van der Waals surface area contributed by atoms with E-state index >= 15 is 0 Å². The first-order valence-corrected chi connectivity index (χ1v) is 6.97. The molecular formula is C9H21N2O3P. The van der Waals surface area contributed by atoms with Gasteiger partial charge in [-0.05, 0) is 13.8 Å². The lowest BCUT2D eigenvalue weighted by molar-refractivity contribution is 0.282. The van der Waals surface area contributed by atoms with Crippen LogP contribution < -0.4 is 0 Å². The molecule has 0 fully saturated rings. The van der Waals surface area contributed by atoms with Gasteiger partial charge in [-0.2, -0.15) is 0 Å². The Kier molecular flexibility index (Phi) is 6.65. The van der Waals surface area contributed by atoms with E-state index in [-0.39, 0.29) is 0 Å². The molecule has 1 aliphatic heterocycles. The van der Waals surface area contributed by atoms with Crippen LogP contribution in [0.25, 0.3) is 0 Å². The molecule has 0 spiro atoms. The Balaban J connectivity index is 0.000000288. The Labute approximate surface area is 91.9 Å². The molecule has 0 radical (unpaired) electrons. The largest absolute Gasteiger partial charge is 0.359 e. The van der Waals surface area contributed by atoms with Crippen LogP contribution in [-0.2, 0) is 9.09 Å². The Hall–Kier alpha value is -0.510. The van der Waals surface area contributed by atoms with Crippen molar-refractivity contribution < 1.29 is 14.0 Å². The van der Waals surface area contributed by atoms with Gasteiger partial charge in [0.2, 0.25) is 0 Å². The maximum absolute atomic E-state index is 9.92. The number of hydrogen-bond acceptors (Lipinski definition) is 4. The predicted octanol–water partition coefficient (Wildman–Crippen LogP) is 1.52. The summed E-state index contributed by atoms with van der Waals surface area (Å²) in [4.78, 5) is 12.7. The van der Waals surface area contributed by atoms with Gasteiger partial charge in [0.1, 0.15) is 0 Å². The molecule has 1 aliphatic rings. The lowest BCUT2D eigenvalue weighted by Gasteiger charge is -2.17. The normalized spacial score (nSPS) is 18.5. The van der Waals surface area contributed by atoms with E-state index in [1.165, 1.54) is 7.11 Å². The fourth-order valence-corrected chi connectivity index (χ4v) is 0.927. The molecule has 6 heteroatoms. The summed E-state index contributed by atoms with van der Waals surface area (Å²) in [7, 11) is -1.95. The second-order valence-electron chi connectivity index (χ2n) is 3.24. The van der Waals surface area contributed by atoms with E-state index < -0.39 is 7.60 Å². The van der Waals surface area contributed by atoms with Gasteiger partial charge < -0.3 is 19.2 Å². The van der Waals surface area contributed by atoms with Crippen LogP contribution in [0, 0.1) is 0 Å². The minimum absolute atomic E-state index is 1.08. The van der Waals surface area contributed by atoms with Crippen LogP contribution in [-0.4, -0.2) is 48.2 Å². The van der Waals surface area contributed by atoms with Crippen molar-refractivity contribution in [3.05, 3.63) is 12.4 Å². The Bertz CT molecular complexity index is 228. The first-order chi connectivity index (χ1) is 6.92. The topological polar surface area (TPSA) is 53.0 Å². The molecule has 1 heterocycles. The number of nitrogens with zero attached hydrogens (tertiary/aromatic N) is 2. The van der Waals surface area contributed by atoms with Gasteiger partial charge in [0.25, 0.3) is 0 Å². The maximum atomic E-state index is 9.92. The summed E-state index contributed by atoms with van der Waals surface area (Å²) >= 11 is 0. The molecule has 0 bridgehead atoms. The van der Waals surface area contributed by atoms with E-state index in [2.05, 4.69) is 40.6 Å². The zero-order chi connectivity index (χ0) is 11.9. The predicted molar refractivity (Wildman–Crippen MR) is 61.5 cm³/mol. The number of rotatable bonds is 3. The third kappa shape index (κ3) is 7.42. The molecule has 0 aromatic heterocycles. The smallest absolute Gasteiger partial charge is 0.324 e. The minimum Gasteiger partial charge on any atom is -0.359 e. The zero-order valence-electron chi connectivity index (χ0n) is 9.88. The van der Waals surface area contributed by atoms with E-state index in [0.29, 0.717) is 0 Å². The summed E-state index contributed by atoms with van der Waals surface area (Å²) in [5.41, 5.74) is 0. The third-order valence-corrected chi connectivity index (χ3v) is 2.68. The molecule has 0 aromatic carbocycles. The van der Waals surface area contributed by atoms with Crippen LogP contribution >= 0.6 is 7.60 Å². The summed E-state index contributed by atoms with van der Waals surface area (Å²) in [6.45, 7) is 8.78. The summed E-state index contributed by atoms with van der Waals surface area (Å²) in [6.07, 6.45) is 4.28. The summed E-state index contributed by atoms with van der Waals surface area (Å²) in [5.74, 6) is 0. The van der Waals surface area contributed by atoms with E-state index in [1.807, 2.05) is 0 Å². The van der Waals surface area contributed by atoms with Crippen molar-refractivity contribution in [1.82, 2.24) is 9.80 Å². The van der Waals surface area contributed by atoms with Crippen LogP contribution in [0.3, 0.4) is 0 Å². The average molecular weight is 236 g/mol. The lowest BCUT2D eigenvalue weighted by atomic mass is 10.6. The summed E-state index contributed by atoms with van der Waals surface area (Å²) in [6, 6.07) is 0. The molecule has 5 nitrogen and oxygen atoms in total. The van der Waals surface area contributed by atoms with Gasteiger partial charge in [-0.1, -0.05) is 0 Å². The molecule has 15 heavy (non-hydrogen) atoms. The van der Waals surface area contributed by atoms with Gasteiger partial charge in [-0.15, -0.1) is 0 Å². The molecule has 1 unspecified atom stereocenters. The van der Waals surface area contributed by atoms with E-state index in [9.17, 15) is 4.57 Å². The summed E-state index contributed by atoms with van der Waals surface area (Å²) < 4.78 is 14.0. The van der Waals surface area contributed by atoms with E-state index in [4.69, 9.17) is 4.89 Å². The maximum Gasteiger partial charge on any atom is 0.324 e. The standard InChI is InChI=1S/C7H14N2.C2H7O3P/c1-3-8-5-6-9(4-2)7-8;1-5-6(2,3)4/h5-6H,3-4,7H2,1-2H3;1-2H3,(H,3,4). The second-order valence-corrected chi connectivity index (χ2v) is 5.21. The van der Waals surface area contributed by atoms with Crippen molar-refractivity contribution in [2.75, 3.05) is 33.5 Å². The summed E-state index contributed by atoms with van der Waals surface area (Å²) in [5, 5.41) is 0. The van der Waals surface area contributed by atoms with Crippen molar-refractivity contribution >= 4 is 7.60 Å². The zero-order valence-corrected chi connectivity index (χ0v) is 10.8. The molecule has 0 aromatic rings. The van der Waals surface area contributed by atoms with Crippen molar-refractivity contribution in [3.63, 3.8) is 0 Å². The van der Waals surface area contributed by atoms with E-state index in [0.717, 1.165) is 26.4 Å². The minimum atomic E-state index is -3.15. The quantitative estimate of drug-likeness (QED) is 0.753. The third-order valence-electron chi connectivity index (χ3n) is 2.00. The van der Waals surface area contributed by atoms with E-state index in [1.54, 1.807) is 0 Å². The highest BCUT2D eigenvalue weighted by atomic mass is 31.2. The van der Waals surface area contributed by atoms with Crippen molar-refractivity contribution in [2.24, 2.45) is 0 Å². The first-order valence-electron chi connectivity index (χ1n) is 4.95. The number of hydrogen-bond donors (Lipinski definition) is 1. The van der Waals surface area contributed by atoms with Crippen LogP contribution in [0.1, 0.15) is 13.8 Å². The lowest BCUT2D eigenvalue weighted by Crippen LogP contribution is -2.24. The van der Waals surface area contributed by atoms with Crippen LogP contribution in [0.4, 0.5) is 0 Å². The SMILES string of the molecule is CCN1C=CN(CC)C1.COP(C)(=O)O. The molecule has 0 saturated carbocycles. The highest BCUT2D eigenvalue weighted by molar-refractivity contribution is 7.51. The van der Waals surface area contributed by atoms with Crippen molar-refractivity contribution in [2.45, 2.75) is 13.8 Å². The fourth-order valence-electron chi connectivity index (χ4n) is 0.927. The van der Waals surface area contributed by atoms with Crippen LogP contribution in [0.5, 0.6) is 0 Å². The Morgan fingerprint density at radius 3 is 1.80 bits per heavy atom. The molecule has 1 rings (SSSR count). The van der Waals surface area contributed by atoms with Gasteiger partial charge in [0.05, 0.1) is 6.67 Å². The van der Waals surface area contributed by atoms with Crippen LogP contribution in [0.15, 0.2) is 12.4 Å². The van der Waals surface area contributed by atoms with Crippen LogP contribution in [0.2, 0.25) is 0 Å². The monoisotopic (exact) mass is 236 g/mol. The Morgan fingerprint density at radius 2 is 1.67 bits per heavy atom. The molecule has 1 N–H and O–H groups in total. The molecule has 0 amide bonds. The molecule has 1 atom stereocenters. The highest BCUT2D eigenvalue weighted by Crippen LogP contribution is 2.34. The second kappa shape index (κ2) is 6.88. The van der Waals surface area contributed by atoms with Gasteiger partial charge in [0, 0.05) is 39.3 Å². The Morgan fingerprint density at radius 1 is 1.33 bits per heavy atom. The van der Waals surface area contributed by atoms with Gasteiger partial charge in [-0.25, -0.2) is 0 Å². The highest BCUT2D eigenvalue weighted by Gasteiger charge is 2.06. The fraction of sp³-hybridized carbons (Fsp3) is 0.778. The first kappa shape index (κ1) is 14.5.